The minimum Gasteiger partial charge on any atom is -0.442 e. The zero-order valence-electron chi connectivity index (χ0n) is 23.5. The fraction of sp³-hybridized carbons (Fsp3) is 0.577. The van der Waals surface area contributed by atoms with Crippen LogP contribution in [0.15, 0.2) is 24.3 Å². The Hall–Kier alpha value is -3.89. The van der Waals surface area contributed by atoms with Crippen molar-refractivity contribution in [2.75, 3.05) is 55.8 Å². The van der Waals surface area contributed by atoms with Crippen molar-refractivity contribution in [2.45, 2.75) is 56.2 Å². The van der Waals surface area contributed by atoms with Crippen LogP contribution in [0.2, 0.25) is 0 Å². The summed E-state index contributed by atoms with van der Waals surface area (Å²) in [5, 5.41) is 8.25. The average molecular weight is 619 g/mol. The lowest BCUT2D eigenvalue weighted by atomic mass is 9.81. The lowest BCUT2D eigenvalue weighted by Crippen LogP contribution is -2.54. The first-order valence-electron chi connectivity index (χ1n) is 13.6. The lowest BCUT2D eigenvalue weighted by molar-refractivity contribution is -0.217. The number of carbonyl (C=O) groups is 2. The molecule has 1 saturated heterocycles. The summed E-state index contributed by atoms with van der Waals surface area (Å²) in [6.45, 7) is 2.39. The predicted molar refractivity (Wildman–Crippen MR) is 143 cm³/mol. The number of rotatable bonds is 8. The standard InChI is InChI=1S/C26H32F6N8O3/c1-33-21-36-22(38-23(37-21)40-13-11-39(2)12-14-40)35-17-7-9-24(10-8-17,43-20(42)26(30,31)32)19(41)34-15-16-5-3-4-6-18(16)25(27,28)29/h3-6,17H,7-15H2,1-2H3,(H,34,41)(H2,33,35,36,37,38). The van der Waals surface area contributed by atoms with Crippen LogP contribution in [0.1, 0.15) is 36.8 Å². The third-order valence-electron chi connectivity index (χ3n) is 7.46. The lowest BCUT2D eigenvalue weighted by Gasteiger charge is -2.38. The molecule has 2 fully saturated rings. The number of amides is 1. The van der Waals surface area contributed by atoms with Crippen molar-refractivity contribution in [1.29, 1.82) is 0 Å². The van der Waals surface area contributed by atoms with Crippen LogP contribution in [0, 0.1) is 0 Å². The van der Waals surface area contributed by atoms with Crippen LogP contribution in [0.3, 0.4) is 0 Å². The van der Waals surface area contributed by atoms with Gasteiger partial charge in [-0.05, 0) is 44.4 Å². The van der Waals surface area contributed by atoms with Gasteiger partial charge in [-0.3, -0.25) is 4.79 Å². The van der Waals surface area contributed by atoms with Crippen LogP contribution in [0.5, 0.6) is 0 Å². The second-order valence-corrected chi connectivity index (χ2v) is 10.5. The quantitative estimate of drug-likeness (QED) is 0.300. The molecule has 4 rings (SSSR count). The number of benzene rings is 1. The van der Waals surface area contributed by atoms with Crippen molar-refractivity contribution in [2.24, 2.45) is 0 Å². The van der Waals surface area contributed by atoms with Gasteiger partial charge in [-0.2, -0.15) is 41.3 Å². The highest BCUT2D eigenvalue weighted by molar-refractivity contribution is 5.89. The maximum absolute atomic E-state index is 13.4. The Morgan fingerprint density at radius 2 is 1.60 bits per heavy atom. The Morgan fingerprint density at radius 3 is 2.21 bits per heavy atom. The van der Waals surface area contributed by atoms with Gasteiger partial charge in [0.1, 0.15) is 0 Å². The smallest absolute Gasteiger partial charge is 0.442 e. The van der Waals surface area contributed by atoms with Gasteiger partial charge in [0.2, 0.25) is 17.8 Å². The largest absolute Gasteiger partial charge is 0.490 e. The van der Waals surface area contributed by atoms with E-state index in [0.717, 1.165) is 25.2 Å². The zero-order valence-corrected chi connectivity index (χ0v) is 23.5. The van der Waals surface area contributed by atoms with Crippen molar-refractivity contribution in [1.82, 2.24) is 25.2 Å². The predicted octanol–water partition coefficient (Wildman–Crippen LogP) is 3.20. The molecule has 2 aromatic rings. The summed E-state index contributed by atoms with van der Waals surface area (Å²) in [7, 11) is 3.65. The van der Waals surface area contributed by atoms with Crippen LogP contribution in [-0.4, -0.2) is 89.8 Å². The summed E-state index contributed by atoms with van der Waals surface area (Å²) >= 11 is 0. The first-order valence-corrected chi connectivity index (χ1v) is 13.6. The number of hydrogen-bond donors (Lipinski definition) is 3. The second kappa shape index (κ2) is 12.8. The highest BCUT2D eigenvalue weighted by Crippen LogP contribution is 2.36. The topological polar surface area (TPSA) is 125 Å². The molecule has 1 saturated carbocycles. The van der Waals surface area contributed by atoms with Crippen molar-refractivity contribution in [3.63, 3.8) is 0 Å². The van der Waals surface area contributed by atoms with Gasteiger partial charge in [-0.1, -0.05) is 18.2 Å². The highest BCUT2D eigenvalue weighted by Gasteiger charge is 2.51. The molecule has 3 N–H and O–H groups in total. The van der Waals surface area contributed by atoms with Crippen LogP contribution < -0.4 is 20.9 Å². The van der Waals surface area contributed by atoms with E-state index in [9.17, 15) is 35.9 Å². The number of piperazine rings is 1. The summed E-state index contributed by atoms with van der Waals surface area (Å²) in [5.74, 6) is -2.72. The van der Waals surface area contributed by atoms with Crippen molar-refractivity contribution >= 4 is 29.7 Å². The number of ether oxygens (including phenoxy) is 1. The Balaban J connectivity index is 1.48. The molecule has 2 aliphatic rings. The number of aromatic nitrogens is 3. The number of halogens is 6. The number of alkyl halides is 6. The van der Waals surface area contributed by atoms with E-state index >= 15 is 0 Å². The summed E-state index contributed by atoms with van der Waals surface area (Å²) in [6.07, 6.45) is -10.6. The first-order chi connectivity index (χ1) is 20.2. The normalized spacial score (nSPS) is 21.7. The molecule has 0 spiro atoms. The molecule has 1 aliphatic heterocycles. The molecule has 0 bridgehead atoms. The highest BCUT2D eigenvalue weighted by atomic mass is 19.4. The maximum Gasteiger partial charge on any atom is 0.490 e. The van der Waals surface area contributed by atoms with E-state index in [-0.39, 0.29) is 37.2 Å². The Morgan fingerprint density at radius 1 is 0.977 bits per heavy atom. The first kappa shape index (κ1) is 32.0. The van der Waals surface area contributed by atoms with E-state index in [4.69, 9.17) is 4.74 Å². The van der Waals surface area contributed by atoms with E-state index in [1.54, 1.807) is 7.05 Å². The third kappa shape index (κ3) is 7.94. The summed E-state index contributed by atoms with van der Waals surface area (Å²) < 4.78 is 84.3. The number of carbonyl (C=O) groups excluding carboxylic acids is 2. The molecule has 43 heavy (non-hydrogen) atoms. The van der Waals surface area contributed by atoms with Gasteiger partial charge in [0, 0.05) is 45.8 Å². The molecule has 0 radical (unpaired) electrons. The van der Waals surface area contributed by atoms with Crippen LogP contribution in [0.25, 0.3) is 0 Å². The Bertz CT molecular complexity index is 1290. The van der Waals surface area contributed by atoms with Gasteiger partial charge in [0.05, 0.1) is 5.56 Å². The SMILES string of the molecule is CNc1nc(NC2CCC(OC(=O)C(F)(F)F)(C(=O)NCc3ccccc3C(F)(F)F)CC2)nc(N2CCN(C)CC2)n1. The fourth-order valence-electron chi connectivity index (χ4n) is 5.00. The van der Waals surface area contributed by atoms with Gasteiger partial charge < -0.3 is 30.5 Å². The zero-order chi connectivity index (χ0) is 31.4. The van der Waals surface area contributed by atoms with E-state index < -0.39 is 48.0 Å². The number of hydrogen-bond acceptors (Lipinski definition) is 10. The molecular weight excluding hydrogens is 586 g/mol. The maximum atomic E-state index is 13.4. The monoisotopic (exact) mass is 618 g/mol. The van der Waals surface area contributed by atoms with E-state index in [1.165, 1.54) is 12.1 Å². The van der Waals surface area contributed by atoms with Crippen molar-refractivity contribution in [3.8, 4) is 0 Å². The van der Waals surface area contributed by atoms with Crippen LogP contribution in [0.4, 0.5) is 44.2 Å². The van der Waals surface area contributed by atoms with Gasteiger partial charge in [0.25, 0.3) is 5.91 Å². The number of esters is 1. The minimum absolute atomic E-state index is 0.0715. The average Bonchev–Trinajstić information content (AvgIpc) is 2.96. The van der Waals surface area contributed by atoms with Gasteiger partial charge in [-0.15, -0.1) is 0 Å². The number of nitrogens with one attached hydrogen (secondary N) is 3. The summed E-state index contributed by atoms with van der Waals surface area (Å²) in [5.41, 5.74) is -3.53. The number of likely N-dealkylation sites (N-methyl/N-ethyl adjacent to an activating group) is 1. The molecule has 236 valence electrons. The summed E-state index contributed by atoms with van der Waals surface area (Å²) in [4.78, 5) is 42.4. The molecule has 17 heteroatoms. The minimum atomic E-state index is -5.38. The molecule has 0 atom stereocenters. The molecule has 1 amide bonds. The van der Waals surface area contributed by atoms with E-state index in [1.807, 2.05) is 11.9 Å². The van der Waals surface area contributed by atoms with Gasteiger partial charge in [0.15, 0.2) is 5.60 Å². The van der Waals surface area contributed by atoms with Crippen molar-refractivity contribution < 1.29 is 40.7 Å². The van der Waals surface area contributed by atoms with Crippen LogP contribution in [-0.2, 0) is 27.0 Å². The van der Waals surface area contributed by atoms with Gasteiger partial charge in [-0.25, -0.2) is 4.79 Å². The third-order valence-corrected chi connectivity index (χ3v) is 7.46. The number of anilines is 3. The molecular formula is C26H32F6N8O3. The fourth-order valence-corrected chi connectivity index (χ4v) is 5.00. The van der Waals surface area contributed by atoms with Crippen LogP contribution >= 0.6 is 0 Å². The second-order valence-electron chi connectivity index (χ2n) is 10.5. The molecule has 11 nitrogen and oxygen atoms in total. The van der Waals surface area contributed by atoms with Gasteiger partial charge >= 0.3 is 18.3 Å². The summed E-state index contributed by atoms with van der Waals surface area (Å²) in [6, 6.07) is 4.07. The molecule has 1 aromatic heterocycles. The Kier molecular flexibility index (Phi) is 9.51. The number of nitrogens with zero attached hydrogens (tertiary/aromatic N) is 5. The molecule has 1 aliphatic carbocycles. The van der Waals surface area contributed by atoms with E-state index in [0.29, 0.717) is 25.0 Å². The molecule has 0 unspecified atom stereocenters. The van der Waals surface area contributed by atoms with Crippen molar-refractivity contribution in [3.05, 3.63) is 35.4 Å². The molecule has 1 aromatic carbocycles. The Labute approximate surface area is 243 Å². The van der Waals surface area contributed by atoms with E-state index in [2.05, 4.69) is 35.8 Å². The molecule has 2 heterocycles.